The maximum Gasteiger partial charge on any atom is 0.433 e. The molecular weight excluding hydrogens is 417 g/mol. The van der Waals surface area contributed by atoms with E-state index in [1.807, 2.05) is 6.92 Å². The molecule has 0 radical (unpaired) electrons. The van der Waals surface area contributed by atoms with Crippen molar-refractivity contribution in [3.05, 3.63) is 52.7 Å². The molecule has 1 N–H and O–H groups in total. The van der Waals surface area contributed by atoms with Gasteiger partial charge in [0.05, 0.1) is 6.61 Å². The van der Waals surface area contributed by atoms with Gasteiger partial charge in [0.15, 0.2) is 0 Å². The summed E-state index contributed by atoms with van der Waals surface area (Å²) in [6, 6.07) is 9.51. The molecule has 30 heavy (non-hydrogen) atoms. The molecule has 4 nitrogen and oxygen atoms in total. The van der Waals surface area contributed by atoms with Crippen LogP contribution in [0.5, 0.6) is 5.88 Å². The maximum atomic E-state index is 12.9. The summed E-state index contributed by atoms with van der Waals surface area (Å²) in [5.41, 5.74) is 0.217. The van der Waals surface area contributed by atoms with Gasteiger partial charge in [0.2, 0.25) is 11.8 Å². The van der Waals surface area contributed by atoms with Crippen LogP contribution in [0.15, 0.2) is 36.4 Å². The van der Waals surface area contributed by atoms with Gasteiger partial charge in [-0.1, -0.05) is 24.6 Å². The van der Waals surface area contributed by atoms with Gasteiger partial charge < -0.3 is 10.1 Å². The monoisotopic (exact) mass is 438 g/mol. The number of fused-ring (bicyclic) bond motifs is 2. The molecule has 0 unspecified atom stereocenters. The van der Waals surface area contributed by atoms with E-state index in [1.165, 1.54) is 6.07 Å². The third kappa shape index (κ3) is 4.00. The molecule has 2 aromatic rings. The topological polar surface area (TPSA) is 51.2 Å². The normalized spacial score (nSPS) is 24.2. The minimum atomic E-state index is -4.49. The first-order chi connectivity index (χ1) is 14.2. The molecule has 1 aliphatic carbocycles. The second-order valence-corrected chi connectivity index (χ2v) is 8.67. The number of amides is 1. The van der Waals surface area contributed by atoms with E-state index >= 15 is 0 Å². The number of hydrogen-bond acceptors (Lipinski definition) is 3. The molecule has 0 bridgehead atoms. The first-order valence-electron chi connectivity index (χ1n) is 9.96. The van der Waals surface area contributed by atoms with Gasteiger partial charge >= 0.3 is 6.18 Å². The van der Waals surface area contributed by atoms with Crippen LogP contribution in [-0.4, -0.2) is 17.5 Å². The SMILES string of the molecule is C[C@@H](C(=O)Nc1ccc(Cl)cc1)[C@H]1CC[C@]2(CC1)COc1nc(C(F)(F)F)ccc12. The molecule has 1 aromatic carbocycles. The molecular formula is C22H22ClF3N2O2. The number of rotatable bonds is 3. The Bertz CT molecular complexity index is 938. The van der Waals surface area contributed by atoms with Crippen LogP contribution in [0.3, 0.4) is 0 Å². The van der Waals surface area contributed by atoms with Crippen LogP contribution in [0.2, 0.25) is 5.02 Å². The molecule has 1 saturated carbocycles. The lowest BCUT2D eigenvalue weighted by molar-refractivity contribution is -0.141. The van der Waals surface area contributed by atoms with E-state index < -0.39 is 11.9 Å². The summed E-state index contributed by atoms with van der Waals surface area (Å²) in [5.74, 6) is 0.0783. The van der Waals surface area contributed by atoms with Gasteiger partial charge in [-0.05, 0) is 61.9 Å². The van der Waals surface area contributed by atoms with Gasteiger partial charge in [-0.25, -0.2) is 4.98 Å². The van der Waals surface area contributed by atoms with Gasteiger partial charge in [0.25, 0.3) is 0 Å². The highest BCUT2D eigenvalue weighted by molar-refractivity contribution is 6.30. The molecule has 1 amide bonds. The lowest BCUT2D eigenvalue weighted by Crippen LogP contribution is -2.37. The van der Waals surface area contributed by atoms with E-state index in [4.69, 9.17) is 16.3 Å². The fraction of sp³-hybridized carbons (Fsp3) is 0.455. The number of halogens is 4. The number of aromatic nitrogens is 1. The van der Waals surface area contributed by atoms with Crippen molar-refractivity contribution in [3.8, 4) is 5.88 Å². The van der Waals surface area contributed by atoms with E-state index in [1.54, 1.807) is 24.3 Å². The number of alkyl halides is 3. The predicted molar refractivity (Wildman–Crippen MR) is 108 cm³/mol. The van der Waals surface area contributed by atoms with Crippen LogP contribution < -0.4 is 10.1 Å². The van der Waals surface area contributed by atoms with Crippen molar-refractivity contribution in [2.45, 2.75) is 44.2 Å². The summed E-state index contributed by atoms with van der Waals surface area (Å²) in [4.78, 5) is 16.3. The molecule has 2 aliphatic rings. The minimum absolute atomic E-state index is 0.0437. The number of carbonyl (C=O) groups is 1. The first-order valence-corrected chi connectivity index (χ1v) is 10.3. The third-order valence-electron chi connectivity index (χ3n) is 6.43. The lowest BCUT2D eigenvalue weighted by atomic mass is 9.66. The Hall–Kier alpha value is -2.28. The second-order valence-electron chi connectivity index (χ2n) is 8.24. The summed E-state index contributed by atoms with van der Waals surface area (Å²) in [6.45, 7) is 2.26. The average molecular weight is 439 g/mol. The number of pyridine rings is 1. The Morgan fingerprint density at radius 2 is 1.87 bits per heavy atom. The molecule has 1 fully saturated rings. The average Bonchev–Trinajstić information content (AvgIpc) is 3.07. The highest BCUT2D eigenvalue weighted by Gasteiger charge is 2.46. The number of nitrogens with one attached hydrogen (secondary N) is 1. The molecule has 0 saturated heterocycles. The fourth-order valence-corrected chi connectivity index (χ4v) is 4.63. The van der Waals surface area contributed by atoms with Crippen molar-refractivity contribution < 1.29 is 22.7 Å². The number of anilines is 1. The Kier molecular flexibility index (Phi) is 5.43. The van der Waals surface area contributed by atoms with E-state index in [0.29, 0.717) is 17.3 Å². The van der Waals surface area contributed by atoms with Gasteiger partial charge in [0.1, 0.15) is 5.69 Å². The summed E-state index contributed by atoms with van der Waals surface area (Å²) >= 11 is 5.88. The van der Waals surface area contributed by atoms with Crippen LogP contribution >= 0.6 is 11.6 Å². The summed E-state index contributed by atoms with van der Waals surface area (Å²) in [5, 5.41) is 3.53. The largest absolute Gasteiger partial charge is 0.476 e. The summed E-state index contributed by atoms with van der Waals surface area (Å²) in [7, 11) is 0. The first kappa shape index (κ1) is 21.0. The van der Waals surface area contributed by atoms with Crippen molar-refractivity contribution in [2.75, 3.05) is 11.9 Å². The van der Waals surface area contributed by atoms with E-state index in [0.717, 1.165) is 37.3 Å². The third-order valence-corrected chi connectivity index (χ3v) is 6.68. The van der Waals surface area contributed by atoms with Gasteiger partial charge in [-0.3, -0.25) is 4.79 Å². The van der Waals surface area contributed by atoms with Crippen molar-refractivity contribution in [1.82, 2.24) is 4.98 Å². The lowest BCUT2D eigenvalue weighted by Gasteiger charge is -2.38. The molecule has 1 spiro atoms. The van der Waals surface area contributed by atoms with Gasteiger partial charge in [-0.15, -0.1) is 0 Å². The Balaban J connectivity index is 1.41. The minimum Gasteiger partial charge on any atom is -0.476 e. The van der Waals surface area contributed by atoms with Crippen LogP contribution in [0.1, 0.15) is 43.9 Å². The molecule has 4 rings (SSSR count). The number of hydrogen-bond donors (Lipinski definition) is 1. The molecule has 1 aliphatic heterocycles. The summed E-state index contributed by atoms with van der Waals surface area (Å²) in [6.07, 6.45) is -1.36. The van der Waals surface area contributed by atoms with Gasteiger partial charge in [0, 0.05) is 27.6 Å². The highest BCUT2D eigenvalue weighted by Crippen LogP contribution is 2.50. The quantitative estimate of drug-likeness (QED) is 0.654. The smallest absolute Gasteiger partial charge is 0.433 e. The van der Waals surface area contributed by atoms with E-state index in [2.05, 4.69) is 10.3 Å². The number of ether oxygens (including phenoxy) is 1. The van der Waals surface area contributed by atoms with Crippen LogP contribution in [0.4, 0.5) is 18.9 Å². The standard InChI is InChI=1S/C22H22ClF3N2O2/c1-13(19(29)27-16-4-2-15(23)3-5-16)14-8-10-21(11-9-14)12-30-20-17(21)6-7-18(28-20)22(24,25)26/h2-7,13-14H,8-12H2,1H3,(H,27,29)/t13-,14-,21-/m1/s1. The second kappa shape index (κ2) is 7.76. The Morgan fingerprint density at radius 3 is 2.50 bits per heavy atom. The van der Waals surface area contributed by atoms with E-state index in [-0.39, 0.29) is 29.0 Å². The molecule has 8 heteroatoms. The molecule has 1 aromatic heterocycles. The van der Waals surface area contributed by atoms with Crippen LogP contribution in [-0.2, 0) is 16.4 Å². The van der Waals surface area contributed by atoms with Crippen LogP contribution in [0, 0.1) is 11.8 Å². The fourth-order valence-electron chi connectivity index (χ4n) is 4.51. The molecule has 1 atom stereocenters. The van der Waals surface area contributed by atoms with Crippen LogP contribution in [0.25, 0.3) is 0 Å². The van der Waals surface area contributed by atoms with Crippen molar-refractivity contribution in [3.63, 3.8) is 0 Å². The zero-order chi connectivity index (χ0) is 21.5. The van der Waals surface area contributed by atoms with Crippen molar-refractivity contribution >= 4 is 23.2 Å². The Morgan fingerprint density at radius 1 is 1.20 bits per heavy atom. The number of nitrogens with zero attached hydrogens (tertiary/aromatic N) is 1. The zero-order valence-corrected chi connectivity index (χ0v) is 17.2. The molecule has 160 valence electrons. The summed E-state index contributed by atoms with van der Waals surface area (Å²) < 4.78 is 44.3. The zero-order valence-electron chi connectivity index (χ0n) is 16.4. The highest BCUT2D eigenvalue weighted by atomic mass is 35.5. The van der Waals surface area contributed by atoms with Crippen molar-refractivity contribution in [1.29, 1.82) is 0 Å². The van der Waals surface area contributed by atoms with Gasteiger partial charge in [-0.2, -0.15) is 13.2 Å². The Labute approximate surface area is 177 Å². The predicted octanol–water partition coefficient (Wildman–Crippen LogP) is 5.85. The van der Waals surface area contributed by atoms with E-state index in [9.17, 15) is 18.0 Å². The molecule has 2 heterocycles. The maximum absolute atomic E-state index is 12.9. The number of carbonyl (C=O) groups excluding carboxylic acids is 1. The van der Waals surface area contributed by atoms with Crippen molar-refractivity contribution in [2.24, 2.45) is 11.8 Å². The number of benzene rings is 1.